The Hall–Kier alpha value is -2.11. The third kappa shape index (κ3) is 7.02. The lowest BCUT2D eigenvalue weighted by atomic mass is 10.1. The molecule has 11 heteroatoms. The van der Waals surface area contributed by atoms with Gasteiger partial charge in [-0.05, 0) is 26.9 Å². The van der Waals surface area contributed by atoms with Gasteiger partial charge in [-0.3, -0.25) is 19.3 Å². The molecule has 0 radical (unpaired) electrons. The molecular weight excluding hydrogens is 398 g/mol. The smallest absolute Gasteiger partial charge is 0.300 e. The molecule has 1 aromatic rings. The topological polar surface area (TPSA) is 116 Å². The lowest BCUT2D eigenvalue weighted by Crippen LogP contribution is -2.39. The van der Waals surface area contributed by atoms with E-state index in [-0.39, 0.29) is 24.2 Å². The Kier molecular flexibility index (Phi) is 8.93. The van der Waals surface area contributed by atoms with Crippen LogP contribution >= 0.6 is 11.3 Å². The first-order valence-electron chi connectivity index (χ1n) is 9.69. The molecule has 1 unspecified atom stereocenters. The van der Waals surface area contributed by atoms with Crippen molar-refractivity contribution >= 4 is 34.3 Å². The van der Waals surface area contributed by atoms with Gasteiger partial charge in [-0.1, -0.05) is 11.3 Å². The summed E-state index contributed by atoms with van der Waals surface area (Å²) in [7, 11) is 2.07. The highest BCUT2D eigenvalue weighted by molar-refractivity contribution is 7.15. The van der Waals surface area contributed by atoms with Gasteiger partial charge in [-0.25, -0.2) is 0 Å². The van der Waals surface area contributed by atoms with Crippen LogP contribution in [-0.2, 0) is 25.7 Å². The van der Waals surface area contributed by atoms with Gasteiger partial charge in [0, 0.05) is 46.1 Å². The van der Waals surface area contributed by atoms with Crippen LogP contribution in [-0.4, -0.2) is 89.3 Å². The molecular formula is C18H29N5O5S. The largest absolute Gasteiger partial charge is 0.481 e. The highest BCUT2D eigenvalue weighted by Gasteiger charge is 2.38. The van der Waals surface area contributed by atoms with Crippen molar-refractivity contribution in [2.75, 3.05) is 51.3 Å². The number of ether oxygens (including phenoxy) is 1. The van der Waals surface area contributed by atoms with Gasteiger partial charge in [0.1, 0.15) is 11.6 Å². The monoisotopic (exact) mass is 427 g/mol. The molecule has 162 valence electrons. The molecule has 10 nitrogen and oxygen atoms in total. The summed E-state index contributed by atoms with van der Waals surface area (Å²) in [6.45, 7) is 7.80. The number of carboxylic acids is 1. The average Bonchev–Trinajstić information content (AvgIpc) is 3.21. The molecule has 0 saturated carbocycles. The van der Waals surface area contributed by atoms with E-state index in [1.807, 2.05) is 11.8 Å². The van der Waals surface area contributed by atoms with E-state index in [0.717, 1.165) is 44.5 Å². The number of likely N-dealkylation sites (N-methyl/N-ethyl adjacent to an activating group) is 1. The molecule has 2 saturated heterocycles. The molecule has 3 rings (SSSR count). The summed E-state index contributed by atoms with van der Waals surface area (Å²) in [6, 6.07) is 0. The molecule has 1 aromatic heterocycles. The van der Waals surface area contributed by atoms with Crippen molar-refractivity contribution in [3.63, 3.8) is 0 Å². The molecule has 2 fully saturated rings. The van der Waals surface area contributed by atoms with Crippen LogP contribution in [0.3, 0.4) is 0 Å². The molecule has 2 aliphatic heterocycles. The molecule has 3 heterocycles. The second-order valence-corrected chi connectivity index (χ2v) is 8.06. The third-order valence-corrected chi connectivity index (χ3v) is 5.54. The van der Waals surface area contributed by atoms with E-state index in [1.54, 1.807) is 4.90 Å². The predicted molar refractivity (Wildman–Crippen MR) is 108 cm³/mol. The summed E-state index contributed by atoms with van der Waals surface area (Å²) in [5, 5.41) is 16.9. The predicted octanol–water partition coefficient (Wildman–Crippen LogP) is 0.683. The maximum atomic E-state index is 12.8. The van der Waals surface area contributed by atoms with Crippen LogP contribution in [0.4, 0.5) is 5.13 Å². The van der Waals surface area contributed by atoms with E-state index < -0.39 is 5.97 Å². The van der Waals surface area contributed by atoms with Crippen molar-refractivity contribution < 1.29 is 24.2 Å². The second-order valence-electron chi connectivity index (χ2n) is 7.02. The number of anilines is 1. The summed E-state index contributed by atoms with van der Waals surface area (Å²) in [4.78, 5) is 39.9. The van der Waals surface area contributed by atoms with Gasteiger partial charge in [0.25, 0.3) is 5.97 Å². The van der Waals surface area contributed by atoms with Gasteiger partial charge in [0.15, 0.2) is 0 Å². The fourth-order valence-electron chi connectivity index (χ4n) is 3.18. The van der Waals surface area contributed by atoms with E-state index >= 15 is 0 Å². The van der Waals surface area contributed by atoms with Crippen molar-refractivity contribution in [2.24, 2.45) is 5.92 Å². The zero-order valence-electron chi connectivity index (χ0n) is 17.2. The first-order chi connectivity index (χ1) is 13.8. The lowest BCUT2D eigenvalue weighted by Gasteiger charge is -2.23. The fraction of sp³-hybridized carbons (Fsp3) is 0.722. The summed E-state index contributed by atoms with van der Waals surface area (Å²) < 4.78 is 5.32. The van der Waals surface area contributed by atoms with Gasteiger partial charge in [0.2, 0.25) is 16.9 Å². The molecule has 0 aliphatic carbocycles. The number of aromatic nitrogens is 2. The van der Waals surface area contributed by atoms with Crippen molar-refractivity contribution in [1.82, 2.24) is 20.0 Å². The molecule has 1 N–H and O–H groups in total. The molecule has 2 amide bonds. The minimum absolute atomic E-state index is 0.0515. The normalized spacial score (nSPS) is 20.2. The van der Waals surface area contributed by atoms with Crippen molar-refractivity contribution in [2.45, 2.75) is 33.3 Å². The summed E-state index contributed by atoms with van der Waals surface area (Å²) in [5.74, 6) is -1.08. The number of aliphatic carboxylic acids is 1. The Morgan fingerprint density at radius 1 is 1.24 bits per heavy atom. The molecule has 0 bridgehead atoms. The second kappa shape index (κ2) is 11.2. The standard InChI is InChI=1S/C16H25N5O3S.C2H4O2/c1-3-24-11-13-17-18-16(25-13)21-10-12(9-14(21)22)15(23)20-6-4-5-19(2)7-8-20;1-2(3)4/h12H,3-11H2,1-2H3;1H3,(H,3,4). The Morgan fingerprint density at radius 2 is 1.97 bits per heavy atom. The van der Waals surface area contributed by atoms with Crippen molar-refractivity contribution in [1.29, 1.82) is 0 Å². The van der Waals surface area contributed by atoms with Crippen LogP contribution in [0.5, 0.6) is 0 Å². The van der Waals surface area contributed by atoms with E-state index in [9.17, 15) is 9.59 Å². The zero-order valence-corrected chi connectivity index (χ0v) is 18.0. The quantitative estimate of drug-likeness (QED) is 0.729. The molecule has 29 heavy (non-hydrogen) atoms. The van der Waals surface area contributed by atoms with E-state index in [2.05, 4.69) is 22.1 Å². The van der Waals surface area contributed by atoms with Crippen LogP contribution in [0, 0.1) is 5.92 Å². The van der Waals surface area contributed by atoms with Gasteiger partial charge < -0.3 is 19.6 Å². The van der Waals surface area contributed by atoms with Gasteiger partial charge >= 0.3 is 0 Å². The summed E-state index contributed by atoms with van der Waals surface area (Å²) in [5.41, 5.74) is 0. The van der Waals surface area contributed by atoms with Crippen LogP contribution in [0.25, 0.3) is 0 Å². The zero-order chi connectivity index (χ0) is 21.4. The highest BCUT2D eigenvalue weighted by atomic mass is 32.1. The number of nitrogens with zero attached hydrogens (tertiary/aromatic N) is 5. The van der Waals surface area contributed by atoms with Crippen LogP contribution < -0.4 is 4.90 Å². The van der Waals surface area contributed by atoms with Gasteiger partial charge in [0.05, 0.1) is 5.92 Å². The average molecular weight is 428 g/mol. The van der Waals surface area contributed by atoms with Gasteiger partial charge in [-0.15, -0.1) is 10.2 Å². The summed E-state index contributed by atoms with van der Waals surface area (Å²) >= 11 is 1.35. The number of hydrogen-bond acceptors (Lipinski definition) is 8. The van der Waals surface area contributed by atoms with Crippen molar-refractivity contribution in [3.8, 4) is 0 Å². The number of rotatable bonds is 5. The summed E-state index contributed by atoms with van der Waals surface area (Å²) in [6.07, 6.45) is 1.23. The molecule has 1 atom stereocenters. The number of carboxylic acid groups (broad SMARTS) is 1. The van der Waals surface area contributed by atoms with Crippen molar-refractivity contribution in [3.05, 3.63) is 5.01 Å². The first-order valence-corrected chi connectivity index (χ1v) is 10.5. The van der Waals surface area contributed by atoms with Gasteiger partial charge in [-0.2, -0.15) is 0 Å². The molecule has 0 aromatic carbocycles. The number of carbonyl (C=O) groups excluding carboxylic acids is 2. The Morgan fingerprint density at radius 3 is 2.66 bits per heavy atom. The minimum atomic E-state index is -0.833. The lowest BCUT2D eigenvalue weighted by molar-refractivity contribution is -0.136. The Bertz CT molecular complexity index is 709. The number of carbonyl (C=O) groups is 3. The maximum absolute atomic E-state index is 12.8. The highest BCUT2D eigenvalue weighted by Crippen LogP contribution is 2.29. The minimum Gasteiger partial charge on any atom is -0.481 e. The van der Waals surface area contributed by atoms with E-state index in [4.69, 9.17) is 14.6 Å². The van der Waals surface area contributed by atoms with Crippen LogP contribution in [0.1, 0.15) is 31.7 Å². The number of hydrogen-bond donors (Lipinski definition) is 1. The van der Waals surface area contributed by atoms with E-state index in [1.165, 1.54) is 11.3 Å². The van der Waals surface area contributed by atoms with Crippen LogP contribution in [0.2, 0.25) is 0 Å². The van der Waals surface area contributed by atoms with E-state index in [0.29, 0.717) is 24.9 Å². The Balaban J connectivity index is 0.000000687. The fourth-order valence-corrected chi connectivity index (χ4v) is 3.99. The third-order valence-electron chi connectivity index (χ3n) is 4.62. The molecule has 0 spiro atoms. The number of amides is 2. The first kappa shape index (κ1) is 23.2. The Labute approximate surface area is 174 Å². The maximum Gasteiger partial charge on any atom is 0.300 e. The SMILES string of the molecule is CC(=O)O.CCOCc1nnc(N2CC(C(=O)N3CCCN(C)CC3)CC2=O)s1. The molecule has 2 aliphatic rings. The van der Waals surface area contributed by atoms with Crippen LogP contribution in [0.15, 0.2) is 0 Å².